The summed E-state index contributed by atoms with van der Waals surface area (Å²) in [5.41, 5.74) is 3.67. The Morgan fingerprint density at radius 1 is 1.33 bits per heavy atom. The molecular formula is C14H16N4. The van der Waals surface area contributed by atoms with Gasteiger partial charge in [-0.15, -0.1) is 0 Å². The van der Waals surface area contributed by atoms with Gasteiger partial charge in [-0.3, -0.25) is 5.10 Å². The number of H-pyrrole nitrogens is 2. The topological polar surface area (TPSA) is 56.5 Å². The van der Waals surface area contributed by atoms with E-state index in [4.69, 9.17) is 0 Å². The number of rotatable bonds is 4. The van der Waals surface area contributed by atoms with Crippen LogP contribution in [0, 0.1) is 0 Å². The fourth-order valence-electron chi connectivity index (χ4n) is 2.18. The maximum absolute atomic E-state index is 3.97. The summed E-state index contributed by atoms with van der Waals surface area (Å²) in [6.07, 6.45) is 5.76. The summed E-state index contributed by atoms with van der Waals surface area (Å²) >= 11 is 0. The number of hydrogen-bond acceptors (Lipinski definition) is 2. The third-order valence-electron chi connectivity index (χ3n) is 3.30. The molecule has 0 amide bonds. The lowest BCUT2D eigenvalue weighted by atomic mass is 10.1. The Labute approximate surface area is 105 Å². The van der Waals surface area contributed by atoms with Crippen LogP contribution < -0.4 is 5.32 Å². The van der Waals surface area contributed by atoms with E-state index in [9.17, 15) is 0 Å². The summed E-state index contributed by atoms with van der Waals surface area (Å²) in [5, 5.41) is 11.6. The van der Waals surface area contributed by atoms with Crippen LogP contribution in [0.2, 0.25) is 0 Å². The normalized spacial score (nSPS) is 12.9. The number of nitrogens with zero attached hydrogens (tertiary/aromatic N) is 1. The van der Waals surface area contributed by atoms with Crippen LogP contribution in [0.25, 0.3) is 10.9 Å². The Bertz CT molecular complexity index is 624. The molecular weight excluding hydrogens is 224 g/mol. The molecule has 2 aromatic heterocycles. The first-order valence-electron chi connectivity index (χ1n) is 6.11. The number of benzene rings is 1. The van der Waals surface area contributed by atoms with Crippen LogP contribution in [0.15, 0.2) is 42.9 Å². The zero-order valence-corrected chi connectivity index (χ0v) is 10.3. The molecule has 1 atom stereocenters. The minimum atomic E-state index is 0.290. The van der Waals surface area contributed by atoms with Gasteiger partial charge in [0.2, 0.25) is 0 Å². The summed E-state index contributed by atoms with van der Waals surface area (Å²) in [6, 6.07) is 8.74. The molecule has 3 N–H and O–H groups in total. The van der Waals surface area contributed by atoms with Crippen molar-refractivity contribution in [2.75, 3.05) is 0 Å². The van der Waals surface area contributed by atoms with Crippen molar-refractivity contribution >= 4 is 10.9 Å². The molecule has 0 saturated heterocycles. The van der Waals surface area contributed by atoms with Gasteiger partial charge in [0.1, 0.15) is 0 Å². The lowest BCUT2D eigenvalue weighted by Gasteiger charge is -2.12. The highest BCUT2D eigenvalue weighted by atomic mass is 15.1. The molecule has 3 aromatic rings. The molecule has 0 bridgehead atoms. The smallest absolute Gasteiger partial charge is 0.0534 e. The highest BCUT2D eigenvalue weighted by Gasteiger charge is 2.07. The lowest BCUT2D eigenvalue weighted by Crippen LogP contribution is -2.17. The lowest BCUT2D eigenvalue weighted by molar-refractivity contribution is 0.577. The summed E-state index contributed by atoms with van der Waals surface area (Å²) in [4.78, 5) is 3.23. The molecule has 3 rings (SSSR count). The maximum Gasteiger partial charge on any atom is 0.0534 e. The molecule has 4 nitrogen and oxygen atoms in total. The van der Waals surface area contributed by atoms with Crippen LogP contribution in [0.5, 0.6) is 0 Å². The number of nitrogens with one attached hydrogen (secondary N) is 3. The number of aromatic amines is 2. The van der Waals surface area contributed by atoms with E-state index in [2.05, 4.69) is 51.7 Å². The van der Waals surface area contributed by atoms with Crippen molar-refractivity contribution in [1.82, 2.24) is 20.5 Å². The molecule has 4 heteroatoms. The second-order valence-corrected chi connectivity index (χ2v) is 4.49. The number of fused-ring (bicyclic) bond motifs is 1. The summed E-state index contributed by atoms with van der Waals surface area (Å²) in [7, 11) is 0. The molecule has 18 heavy (non-hydrogen) atoms. The van der Waals surface area contributed by atoms with E-state index in [0.717, 1.165) is 6.54 Å². The molecule has 92 valence electrons. The van der Waals surface area contributed by atoms with Gasteiger partial charge >= 0.3 is 0 Å². The molecule has 0 aliphatic rings. The van der Waals surface area contributed by atoms with Crippen molar-refractivity contribution in [2.45, 2.75) is 19.5 Å². The van der Waals surface area contributed by atoms with Crippen LogP contribution >= 0.6 is 0 Å². The van der Waals surface area contributed by atoms with Gasteiger partial charge < -0.3 is 10.3 Å². The maximum atomic E-state index is 3.97. The first-order valence-corrected chi connectivity index (χ1v) is 6.11. The van der Waals surface area contributed by atoms with Crippen molar-refractivity contribution in [3.63, 3.8) is 0 Å². The van der Waals surface area contributed by atoms with Crippen molar-refractivity contribution in [3.8, 4) is 0 Å². The van der Waals surface area contributed by atoms with E-state index in [1.807, 2.05) is 18.6 Å². The second kappa shape index (κ2) is 4.66. The highest BCUT2D eigenvalue weighted by molar-refractivity contribution is 5.82. The van der Waals surface area contributed by atoms with E-state index < -0.39 is 0 Å². The van der Waals surface area contributed by atoms with Gasteiger partial charge in [0.25, 0.3) is 0 Å². The van der Waals surface area contributed by atoms with E-state index in [0.29, 0.717) is 0 Å². The van der Waals surface area contributed by atoms with Gasteiger partial charge in [-0.25, -0.2) is 0 Å². The SMILES string of the molecule is CC(NCc1cccc2[nH]ccc12)c1cn[nH]c1. The van der Waals surface area contributed by atoms with Gasteiger partial charge in [-0.1, -0.05) is 12.1 Å². The molecule has 0 fully saturated rings. The van der Waals surface area contributed by atoms with Crippen LogP contribution in [0.1, 0.15) is 24.1 Å². The van der Waals surface area contributed by atoms with Crippen LogP contribution in [0.3, 0.4) is 0 Å². The highest BCUT2D eigenvalue weighted by Crippen LogP contribution is 2.18. The molecule has 2 heterocycles. The van der Waals surface area contributed by atoms with Crippen molar-refractivity contribution in [1.29, 1.82) is 0 Å². The predicted octanol–water partition coefficient (Wildman–Crippen LogP) is 2.74. The third-order valence-corrected chi connectivity index (χ3v) is 3.30. The van der Waals surface area contributed by atoms with Crippen molar-refractivity contribution < 1.29 is 0 Å². The average Bonchev–Trinajstić information content (AvgIpc) is 3.05. The average molecular weight is 240 g/mol. The Hall–Kier alpha value is -2.07. The minimum Gasteiger partial charge on any atom is -0.361 e. The Morgan fingerprint density at radius 2 is 2.28 bits per heavy atom. The molecule has 1 aromatic carbocycles. The minimum absolute atomic E-state index is 0.290. The molecule has 1 unspecified atom stereocenters. The number of aromatic nitrogens is 3. The Balaban J connectivity index is 1.75. The molecule has 0 aliphatic carbocycles. The van der Waals surface area contributed by atoms with Crippen LogP contribution in [-0.2, 0) is 6.54 Å². The number of hydrogen-bond donors (Lipinski definition) is 3. The van der Waals surface area contributed by atoms with Gasteiger partial charge in [-0.2, -0.15) is 5.10 Å². The molecule has 0 radical (unpaired) electrons. The zero-order chi connectivity index (χ0) is 12.4. The van der Waals surface area contributed by atoms with Gasteiger partial charge in [0, 0.05) is 41.4 Å². The summed E-state index contributed by atoms with van der Waals surface area (Å²) in [5.74, 6) is 0. The fraction of sp³-hybridized carbons (Fsp3) is 0.214. The monoisotopic (exact) mass is 240 g/mol. The van der Waals surface area contributed by atoms with Crippen molar-refractivity contribution in [3.05, 3.63) is 54.0 Å². The Morgan fingerprint density at radius 3 is 3.11 bits per heavy atom. The third kappa shape index (κ3) is 2.02. The quantitative estimate of drug-likeness (QED) is 0.656. The van der Waals surface area contributed by atoms with E-state index >= 15 is 0 Å². The second-order valence-electron chi connectivity index (χ2n) is 4.49. The largest absolute Gasteiger partial charge is 0.361 e. The van der Waals surface area contributed by atoms with E-state index in [-0.39, 0.29) is 6.04 Å². The van der Waals surface area contributed by atoms with E-state index in [1.54, 1.807) is 0 Å². The van der Waals surface area contributed by atoms with Gasteiger partial charge in [0.15, 0.2) is 0 Å². The van der Waals surface area contributed by atoms with E-state index in [1.165, 1.54) is 22.0 Å². The Kier molecular flexibility index (Phi) is 2.86. The molecule has 0 spiro atoms. The standard InChI is InChI=1S/C14H16N4/c1-10(12-8-17-18-9-12)16-7-11-3-2-4-14-13(11)5-6-15-14/h2-6,8-10,15-16H,7H2,1H3,(H,17,18). The molecule has 0 aliphatic heterocycles. The van der Waals surface area contributed by atoms with Crippen LogP contribution in [0.4, 0.5) is 0 Å². The zero-order valence-electron chi connectivity index (χ0n) is 10.3. The summed E-state index contributed by atoms with van der Waals surface area (Å²) < 4.78 is 0. The summed E-state index contributed by atoms with van der Waals surface area (Å²) in [6.45, 7) is 2.99. The van der Waals surface area contributed by atoms with Crippen molar-refractivity contribution in [2.24, 2.45) is 0 Å². The first kappa shape index (κ1) is 11.0. The van der Waals surface area contributed by atoms with Gasteiger partial charge in [-0.05, 0) is 24.6 Å². The fourth-order valence-corrected chi connectivity index (χ4v) is 2.18. The molecule has 0 saturated carbocycles. The van der Waals surface area contributed by atoms with Crippen LogP contribution in [-0.4, -0.2) is 15.2 Å². The predicted molar refractivity (Wildman–Crippen MR) is 72.1 cm³/mol. The first-order chi connectivity index (χ1) is 8.84. The van der Waals surface area contributed by atoms with Gasteiger partial charge in [0.05, 0.1) is 6.20 Å².